The van der Waals surface area contributed by atoms with Crippen LogP contribution in [0.4, 0.5) is 68.6 Å². The van der Waals surface area contributed by atoms with Gasteiger partial charge in [-0.1, -0.05) is 453 Å². The van der Waals surface area contributed by atoms with Gasteiger partial charge >= 0.3 is 0 Å². The van der Waals surface area contributed by atoms with E-state index in [0.717, 1.165) is 130 Å². The lowest BCUT2D eigenvalue weighted by molar-refractivity contribution is 0.579. The fraction of sp³-hybridized carbons (Fsp3) is 0.314. The summed E-state index contributed by atoms with van der Waals surface area (Å²) in [5.41, 5.74) is 45.0. The quantitative estimate of drug-likeness (QED) is 0.119. The van der Waals surface area contributed by atoms with E-state index in [1.165, 1.54) is 99.9 Å². The highest BCUT2D eigenvalue weighted by Crippen LogP contribution is 2.56. The van der Waals surface area contributed by atoms with E-state index in [4.69, 9.17) is 18.8 Å². The molecular weight excluding hydrogens is 1820 g/mol. The van der Waals surface area contributed by atoms with Gasteiger partial charge in [-0.15, -0.1) is 0 Å². The van der Waals surface area contributed by atoms with Gasteiger partial charge < -0.3 is 18.6 Å². The second-order valence-electron chi connectivity index (χ2n) is 54.1. The number of rotatable bonds is 11. The molecule has 0 fully saturated rings. The molecule has 0 N–H and O–H groups in total. The minimum absolute atomic E-state index is 0.00387. The molecule has 0 amide bonds. The molecule has 0 saturated carbocycles. The largest absolute Gasteiger partial charge is 0.420 e. The average molecular weight is 1970 g/mol. The van der Waals surface area contributed by atoms with Crippen molar-refractivity contribution in [2.75, 3.05) is 19.6 Å². The molecule has 4 aliphatic heterocycles. The fourth-order valence-corrected chi connectivity index (χ4v) is 22.1. The van der Waals surface area contributed by atoms with Crippen LogP contribution in [0.1, 0.15) is 290 Å². The molecule has 2 aromatic heterocycles. The van der Waals surface area contributed by atoms with E-state index in [9.17, 15) is 0 Å². The summed E-state index contributed by atoms with van der Waals surface area (Å²) in [6.07, 6.45) is 0. The average Bonchev–Trinajstić information content (AvgIpc) is 1.32. The van der Waals surface area contributed by atoms with Crippen LogP contribution in [0.25, 0.3) is 78.5 Å². The smallest absolute Gasteiger partial charge is 0.279 e. The number of nitrogens with zero attached hydrogens (tertiary/aromatic N) is 6. The third-order valence-corrected chi connectivity index (χ3v) is 31.6. The Labute approximate surface area is 896 Å². The van der Waals surface area contributed by atoms with E-state index in [-0.39, 0.29) is 73.0 Å². The maximum Gasteiger partial charge on any atom is 0.279 e. The summed E-state index contributed by atoms with van der Waals surface area (Å²) in [5.74, 6) is 2.69. The highest BCUT2D eigenvalue weighted by molar-refractivity contribution is 7.00. The normalized spacial score (nSPS) is 13.8. The number of oxazole rings is 2. The van der Waals surface area contributed by atoms with E-state index in [2.05, 4.69) is 570 Å². The van der Waals surface area contributed by atoms with Crippen molar-refractivity contribution in [3.63, 3.8) is 0 Å². The third kappa shape index (κ3) is 19.5. The minimum Gasteiger partial charge on any atom is -0.420 e. The number of aromatic nitrogens is 2. The van der Waals surface area contributed by atoms with Crippen molar-refractivity contribution < 1.29 is 8.83 Å². The van der Waals surface area contributed by atoms with Crippen LogP contribution in [0.15, 0.2) is 330 Å². The summed E-state index contributed by atoms with van der Waals surface area (Å²) in [6.45, 7) is 75.4. The number of hydrogen-bond donors (Lipinski definition) is 0. The number of anilines is 12. The van der Waals surface area contributed by atoms with E-state index in [1.54, 1.807) is 0 Å². The summed E-state index contributed by atoms with van der Waals surface area (Å²) in [7, 11) is 0. The third-order valence-electron chi connectivity index (χ3n) is 31.6. The highest BCUT2D eigenvalue weighted by atomic mass is 16.4. The zero-order chi connectivity index (χ0) is 107. The first-order valence-electron chi connectivity index (χ1n) is 54.4. The lowest BCUT2D eigenvalue weighted by atomic mass is 9.35. The predicted molar refractivity (Wildman–Crippen MR) is 645 cm³/mol. The van der Waals surface area contributed by atoms with Gasteiger partial charge in [0.15, 0.2) is 0 Å². The molecular formula is C140H152B2N6O2. The molecule has 17 aromatic rings. The first kappa shape index (κ1) is 103. The van der Waals surface area contributed by atoms with Crippen molar-refractivity contribution >= 4 is 115 Å². The molecule has 0 unspecified atom stereocenters. The van der Waals surface area contributed by atoms with Gasteiger partial charge in [0.05, 0.1) is 22.6 Å². The molecule has 0 spiro atoms. The number of hydrogen-bond acceptors (Lipinski definition) is 8. The van der Waals surface area contributed by atoms with Crippen LogP contribution in [-0.4, -0.2) is 23.4 Å². The predicted octanol–water partition coefficient (Wildman–Crippen LogP) is 35.5. The maximum atomic E-state index is 7.55. The van der Waals surface area contributed by atoms with Crippen molar-refractivity contribution in [2.24, 2.45) is 0 Å². The summed E-state index contributed by atoms with van der Waals surface area (Å²) < 4.78 is 15.0. The van der Waals surface area contributed by atoms with Crippen LogP contribution >= 0.6 is 0 Å². The van der Waals surface area contributed by atoms with Crippen LogP contribution in [0, 0.1) is 0 Å². The highest BCUT2D eigenvalue weighted by Gasteiger charge is 2.52. The van der Waals surface area contributed by atoms with Crippen molar-refractivity contribution in [2.45, 2.75) is 288 Å². The van der Waals surface area contributed by atoms with Crippen molar-refractivity contribution in [3.8, 4) is 78.5 Å². The molecule has 0 atom stereocenters. The Balaban J connectivity index is 0.000000181. The molecule has 760 valence electrons. The van der Waals surface area contributed by atoms with Gasteiger partial charge in [-0.25, -0.2) is 9.97 Å². The second-order valence-corrected chi connectivity index (χ2v) is 54.1. The number of para-hydroxylation sites is 1. The van der Waals surface area contributed by atoms with Gasteiger partial charge in [0.25, 0.3) is 13.4 Å². The summed E-state index contributed by atoms with van der Waals surface area (Å²) in [4.78, 5) is 21.5. The molecule has 0 bridgehead atoms. The Morgan fingerprint density at radius 2 is 0.433 bits per heavy atom. The summed E-state index contributed by atoms with van der Waals surface area (Å²) >= 11 is 0. The first-order chi connectivity index (χ1) is 70.3. The van der Waals surface area contributed by atoms with Crippen LogP contribution in [-0.2, 0) is 59.6 Å². The lowest BCUT2D eigenvalue weighted by Gasteiger charge is -2.44. The molecule has 15 aromatic carbocycles. The van der Waals surface area contributed by atoms with Crippen molar-refractivity contribution in [3.05, 3.63) is 383 Å². The van der Waals surface area contributed by atoms with E-state index >= 15 is 0 Å². The number of benzene rings is 15. The Morgan fingerprint density at radius 3 is 0.753 bits per heavy atom. The molecule has 0 radical (unpaired) electrons. The zero-order valence-corrected chi connectivity index (χ0v) is 95.3. The zero-order valence-electron chi connectivity index (χ0n) is 95.3. The van der Waals surface area contributed by atoms with Crippen molar-refractivity contribution in [1.82, 2.24) is 9.97 Å². The molecule has 150 heavy (non-hydrogen) atoms. The monoisotopic (exact) mass is 1970 g/mol. The molecule has 21 rings (SSSR count). The van der Waals surface area contributed by atoms with Crippen LogP contribution in [0.3, 0.4) is 0 Å². The molecule has 0 aliphatic carbocycles. The second kappa shape index (κ2) is 37.0. The van der Waals surface area contributed by atoms with Gasteiger partial charge in [0.2, 0.25) is 23.5 Å². The first-order valence-corrected chi connectivity index (χ1v) is 54.4. The summed E-state index contributed by atoms with van der Waals surface area (Å²) in [6, 6.07) is 122. The molecule has 6 heterocycles. The maximum absolute atomic E-state index is 7.55. The van der Waals surface area contributed by atoms with Gasteiger partial charge in [-0.2, -0.15) is 0 Å². The summed E-state index contributed by atoms with van der Waals surface area (Å²) in [5, 5.41) is 0. The van der Waals surface area contributed by atoms with Gasteiger partial charge in [0.1, 0.15) is 0 Å². The lowest BCUT2D eigenvalue weighted by Crippen LogP contribution is -2.62. The van der Waals surface area contributed by atoms with Gasteiger partial charge in [-0.05, 0) is 279 Å². The Hall–Kier alpha value is -14.0. The van der Waals surface area contributed by atoms with Crippen LogP contribution in [0.5, 0.6) is 0 Å². The molecule has 0 saturated heterocycles. The Bertz CT molecular complexity index is 7980. The van der Waals surface area contributed by atoms with Crippen molar-refractivity contribution in [1.29, 1.82) is 0 Å². The van der Waals surface area contributed by atoms with E-state index in [0.29, 0.717) is 11.8 Å². The molecule has 10 heteroatoms. The fourth-order valence-electron chi connectivity index (χ4n) is 22.1. The van der Waals surface area contributed by atoms with Gasteiger partial charge in [-0.3, -0.25) is 9.80 Å². The molecule has 4 aliphatic rings. The number of fused-ring (bicyclic) bond motifs is 8. The van der Waals surface area contributed by atoms with E-state index in [1.807, 2.05) is 0 Å². The Kier molecular flexibility index (Phi) is 25.5. The van der Waals surface area contributed by atoms with E-state index < -0.39 is 0 Å². The molecule has 8 nitrogen and oxygen atoms in total. The Morgan fingerprint density at radius 1 is 0.187 bits per heavy atom. The van der Waals surface area contributed by atoms with Gasteiger partial charge in [0, 0.05) is 73.3 Å². The minimum atomic E-state index is -0.246. The SMILES string of the molecule is CC(C)(C)c1ccc(-c2ccc(-c3nc4c(o3)N(c3c(-c5ccccc5)cccc3-c3ccc(C(C)(C)C)cc3)c3cc(C(C)(C)C)cc5c3B4c3cc(C(C)(C)C)ccc3N5c3ccc(C(C)(C)C)cc3)cc2)cc1.CC(C)(C)c1ccc(-c2ccc(-c3nc4c(o3)N(c3ccc(C(C)(C)C)cc3-c3ccc(C(C)(C)C)cc3)c3cc(C(C)(C)C)cc5c3B4c3cc(C(C)(C)C)ccc3N5c3ccc(C(C)(C)C)cc3)cc2)cc1. The van der Waals surface area contributed by atoms with Crippen LogP contribution < -0.4 is 52.6 Å². The van der Waals surface area contributed by atoms with Crippen LogP contribution in [0.2, 0.25) is 0 Å². The topological polar surface area (TPSA) is 65.0 Å². The standard InChI is InChI=1S/C71H74BN3O.C69H78BN3O/c1-67(2,3)50-32-28-46(29-33-50)45-24-26-49(27-25-45)65-73-64-66(76-65)75(63-56(47-20-17-16-18-21-47)22-19-23-57(63)48-30-34-51(35-31-48)68(4,5)6)61-44-54(71(13,14)15)43-60-62(61)72(64)58-42-53(70(10,11)12)38-41-59(58)74(60)55-39-36-52(37-40-55)69(7,8)9;1-64(2,3)47-27-23-44(24-28-47)43-19-21-46(22-20-43)62-71-61-63(74-62)73(56-37-33-50(67(10,11)12)39-54(56)45-25-29-48(30-26-45)65(4,5)6)59-42-52(69(16,17)18)41-58-60(59)70(61)55-40-51(68(13,14)15)34-38-57(55)72(58)53-35-31-49(32-36-53)66(7,8)9/h16-44H,1-15H3;19-42H,1-18H3.